The number of nitrogens with zero attached hydrogens (tertiary/aromatic N) is 3. The second kappa shape index (κ2) is 7.35. The summed E-state index contributed by atoms with van der Waals surface area (Å²) in [5.41, 5.74) is 0. The molecule has 0 bridgehead atoms. The van der Waals surface area contributed by atoms with Crippen LogP contribution in [0.1, 0.15) is 26.7 Å². The van der Waals surface area contributed by atoms with E-state index in [0.29, 0.717) is 0 Å². The summed E-state index contributed by atoms with van der Waals surface area (Å²) in [6, 6.07) is 0. The molecule has 96 valence electrons. The highest BCUT2D eigenvalue weighted by molar-refractivity contribution is 14.0. The largest absolute Gasteiger partial charge is 0.349 e. The molecule has 0 amide bonds. The Balaban J connectivity index is 0.00000225. The van der Waals surface area contributed by atoms with Crippen molar-refractivity contribution in [2.45, 2.75) is 26.7 Å². The highest BCUT2D eigenvalue weighted by Gasteiger charge is 2.25. The number of hydrogen-bond acceptors (Lipinski definition) is 1. The summed E-state index contributed by atoms with van der Waals surface area (Å²) in [4.78, 5) is 8.87. The van der Waals surface area contributed by atoms with Crippen molar-refractivity contribution in [2.75, 3.05) is 34.2 Å². The minimum absolute atomic E-state index is 0. The number of aliphatic imine (C=N–C) groups is 1. The van der Waals surface area contributed by atoms with Crippen molar-refractivity contribution in [2.24, 2.45) is 16.8 Å². The van der Waals surface area contributed by atoms with Crippen molar-refractivity contribution >= 4 is 29.9 Å². The van der Waals surface area contributed by atoms with Gasteiger partial charge < -0.3 is 9.80 Å². The van der Waals surface area contributed by atoms with E-state index in [9.17, 15) is 0 Å². The van der Waals surface area contributed by atoms with E-state index in [2.05, 4.69) is 42.7 Å². The van der Waals surface area contributed by atoms with E-state index in [0.717, 1.165) is 17.8 Å². The lowest BCUT2D eigenvalue weighted by molar-refractivity contribution is 0.383. The van der Waals surface area contributed by atoms with Crippen LogP contribution in [0.4, 0.5) is 0 Å². The molecule has 0 aromatic heterocycles. The average molecular weight is 339 g/mol. The van der Waals surface area contributed by atoms with Gasteiger partial charge in [-0.15, -0.1) is 24.0 Å². The Morgan fingerprint density at radius 3 is 2.50 bits per heavy atom. The molecule has 0 N–H and O–H groups in total. The van der Waals surface area contributed by atoms with Gasteiger partial charge in [-0.05, 0) is 24.7 Å². The van der Waals surface area contributed by atoms with Crippen LogP contribution >= 0.6 is 24.0 Å². The maximum Gasteiger partial charge on any atom is 0.195 e. The molecule has 0 radical (unpaired) electrons. The molecule has 0 aliphatic carbocycles. The highest BCUT2D eigenvalue weighted by Crippen LogP contribution is 2.23. The summed E-state index contributed by atoms with van der Waals surface area (Å²) in [7, 11) is 6.02. The van der Waals surface area contributed by atoms with E-state index < -0.39 is 0 Å². The second-order valence-corrected chi connectivity index (χ2v) is 5.15. The molecule has 0 aromatic rings. The van der Waals surface area contributed by atoms with Crippen LogP contribution in [-0.2, 0) is 0 Å². The predicted molar refractivity (Wildman–Crippen MR) is 81.6 cm³/mol. The van der Waals surface area contributed by atoms with Crippen molar-refractivity contribution in [3.8, 4) is 0 Å². The smallest absolute Gasteiger partial charge is 0.195 e. The number of likely N-dealkylation sites (tertiary alicyclic amines) is 1. The zero-order chi connectivity index (χ0) is 11.4. The Hall–Kier alpha value is 0. The molecule has 0 spiro atoms. The molecular formula is C12H26IN3. The molecular weight excluding hydrogens is 313 g/mol. The summed E-state index contributed by atoms with van der Waals surface area (Å²) in [5, 5.41) is 0. The third-order valence-corrected chi connectivity index (χ3v) is 2.97. The van der Waals surface area contributed by atoms with E-state index in [-0.39, 0.29) is 24.0 Å². The molecule has 0 aromatic carbocycles. The van der Waals surface area contributed by atoms with Gasteiger partial charge in [0.05, 0.1) is 0 Å². The number of rotatable bonds is 2. The lowest BCUT2D eigenvalue weighted by Crippen LogP contribution is -2.39. The third-order valence-electron chi connectivity index (χ3n) is 2.97. The number of halogens is 1. The van der Waals surface area contributed by atoms with E-state index in [4.69, 9.17) is 0 Å². The molecule has 1 heterocycles. The first kappa shape index (κ1) is 16.0. The SMILES string of the molecule is CN=C(N(C)C)N1CCC(CC(C)C)C1.I. The normalized spacial score (nSPS) is 21.2. The molecule has 1 aliphatic heterocycles. The first-order valence-electron chi connectivity index (χ1n) is 5.93. The van der Waals surface area contributed by atoms with Gasteiger partial charge >= 0.3 is 0 Å². The fraction of sp³-hybridized carbons (Fsp3) is 0.917. The maximum absolute atomic E-state index is 4.35. The van der Waals surface area contributed by atoms with Gasteiger partial charge in [0.15, 0.2) is 5.96 Å². The molecule has 4 heteroatoms. The Morgan fingerprint density at radius 1 is 1.44 bits per heavy atom. The van der Waals surface area contributed by atoms with Gasteiger partial charge in [0, 0.05) is 34.2 Å². The Labute approximate surface area is 117 Å². The molecule has 1 rings (SSSR count). The quantitative estimate of drug-likeness (QED) is 0.437. The topological polar surface area (TPSA) is 18.8 Å². The number of guanidine groups is 1. The van der Waals surface area contributed by atoms with Crippen LogP contribution in [0.5, 0.6) is 0 Å². The lowest BCUT2D eigenvalue weighted by atomic mass is 9.97. The molecule has 16 heavy (non-hydrogen) atoms. The van der Waals surface area contributed by atoms with Crippen LogP contribution in [0.3, 0.4) is 0 Å². The summed E-state index contributed by atoms with van der Waals surface area (Å²) in [5.74, 6) is 2.80. The van der Waals surface area contributed by atoms with Crippen molar-refractivity contribution in [3.63, 3.8) is 0 Å². The fourth-order valence-electron chi connectivity index (χ4n) is 2.50. The zero-order valence-corrected chi connectivity index (χ0v) is 13.6. The Kier molecular flexibility index (Phi) is 7.35. The van der Waals surface area contributed by atoms with Crippen LogP contribution < -0.4 is 0 Å². The van der Waals surface area contributed by atoms with Crippen molar-refractivity contribution < 1.29 is 0 Å². The summed E-state index contributed by atoms with van der Waals surface area (Å²) in [6.07, 6.45) is 2.67. The van der Waals surface area contributed by atoms with E-state index >= 15 is 0 Å². The van der Waals surface area contributed by atoms with E-state index in [1.165, 1.54) is 25.9 Å². The summed E-state index contributed by atoms with van der Waals surface area (Å²) >= 11 is 0. The first-order valence-corrected chi connectivity index (χ1v) is 5.93. The third kappa shape index (κ3) is 4.47. The van der Waals surface area contributed by atoms with Crippen LogP contribution in [-0.4, -0.2) is 50.0 Å². The maximum atomic E-state index is 4.35. The monoisotopic (exact) mass is 339 g/mol. The average Bonchev–Trinajstić information content (AvgIpc) is 2.52. The molecule has 1 atom stereocenters. The van der Waals surface area contributed by atoms with E-state index in [1.54, 1.807) is 0 Å². The van der Waals surface area contributed by atoms with Crippen molar-refractivity contribution in [1.82, 2.24) is 9.80 Å². The minimum atomic E-state index is 0. The van der Waals surface area contributed by atoms with Crippen molar-refractivity contribution in [3.05, 3.63) is 0 Å². The van der Waals surface area contributed by atoms with Gasteiger partial charge in [-0.2, -0.15) is 0 Å². The second-order valence-electron chi connectivity index (χ2n) is 5.15. The van der Waals surface area contributed by atoms with Crippen LogP contribution in [0.15, 0.2) is 4.99 Å². The Bertz CT molecular complexity index is 226. The summed E-state index contributed by atoms with van der Waals surface area (Å²) in [6.45, 7) is 6.97. The molecule has 1 aliphatic rings. The molecule has 1 saturated heterocycles. The Morgan fingerprint density at radius 2 is 2.06 bits per heavy atom. The van der Waals surface area contributed by atoms with Gasteiger partial charge in [-0.1, -0.05) is 13.8 Å². The van der Waals surface area contributed by atoms with Crippen LogP contribution in [0.2, 0.25) is 0 Å². The molecule has 3 nitrogen and oxygen atoms in total. The molecule has 1 fully saturated rings. The molecule has 0 saturated carbocycles. The van der Waals surface area contributed by atoms with Gasteiger partial charge in [0.1, 0.15) is 0 Å². The molecule has 1 unspecified atom stereocenters. The van der Waals surface area contributed by atoms with Gasteiger partial charge in [0.2, 0.25) is 0 Å². The van der Waals surface area contributed by atoms with Crippen LogP contribution in [0.25, 0.3) is 0 Å². The first-order chi connectivity index (χ1) is 7.04. The van der Waals surface area contributed by atoms with Gasteiger partial charge in [0.25, 0.3) is 0 Å². The van der Waals surface area contributed by atoms with Gasteiger partial charge in [-0.25, -0.2) is 0 Å². The van der Waals surface area contributed by atoms with E-state index in [1.807, 2.05) is 7.05 Å². The number of hydrogen-bond donors (Lipinski definition) is 0. The minimum Gasteiger partial charge on any atom is -0.349 e. The predicted octanol–water partition coefficient (Wildman–Crippen LogP) is 2.52. The highest BCUT2D eigenvalue weighted by atomic mass is 127. The van der Waals surface area contributed by atoms with Crippen LogP contribution in [0, 0.1) is 11.8 Å². The van der Waals surface area contributed by atoms with Gasteiger partial charge in [-0.3, -0.25) is 4.99 Å². The zero-order valence-electron chi connectivity index (χ0n) is 11.2. The standard InChI is InChI=1S/C12H25N3.HI/c1-10(2)8-11-6-7-15(9-11)12(13-3)14(4)5;/h10-11H,6-9H2,1-5H3;1H. The van der Waals surface area contributed by atoms with Crippen molar-refractivity contribution in [1.29, 1.82) is 0 Å². The fourth-order valence-corrected chi connectivity index (χ4v) is 2.50. The summed E-state index contributed by atoms with van der Waals surface area (Å²) < 4.78 is 0. The lowest BCUT2D eigenvalue weighted by Gasteiger charge is -2.26.